The number of carbonyl (C=O) groups excluding carboxylic acids is 2. The fourth-order valence-electron chi connectivity index (χ4n) is 2.02. The van der Waals surface area contributed by atoms with Crippen molar-refractivity contribution in [1.82, 2.24) is 5.32 Å². The van der Waals surface area contributed by atoms with Gasteiger partial charge in [0.2, 0.25) is 5.91 Å². The highest BCUT2D eigenvalue weighted by Gasteiger charge is 2.42. The molecule has 1 aliphatic rings. The van der Waals surface area contributed by atoms with Crippen molar-refractivity contribution in [3.05, 3.63) is 27.7 Å². The lowest BCUT2D eigenvalue weighted by Crippen LogP contribution is -2.65. The van der Waals surface area contributed by atoms with Gasteiger partial charge in [-0.05, 0) is 47.5 Å². The highest BCUT2D eigenvalue weighted by molar-refractivity contribution is 9.10. The molecule has 1 aliphatic heterocycles. The van der Waals surface area contributed by atoms with Crippen molar-refractivity contribution >= 4 is 45.0 Å². The number of rotatable bonds is 2. The Morgan fingerprint density at radius 1 is 1.47 bits per heavy atom. The predicted molar refractivity (Wildman–Crippen MR) is 78.3 cm³/mol. The summed E-state index contributed by atoms with van der Waals surface area (Å²) in [6.45, 7) is 3.65. The SMILES string of the molecule is CCC1(C)NC(=O)CN(c2ccc(Cl)c(Br)c2)C1=O. The molecular formula is C13H14BrClN2O2. The summed E-state index contributed by atoms with van der Waals surface area (Å²) >= 11 is 9.26. The molecule has 102 valence electrons. The van der Waals surface area contributed by atoms with Gasteiger partial charge in [0.15, 0.2) is 0 Å². The van der Waals surface area contributed by atoms with Crippen molar-refractivity contribution in [2.24, 2.45) is 0 Å². The summed E-state index contributed by atoms with van der Waals surface area (Å²) in [6, 6.07) is 5.18. The first-order valence-electron chi connectivity index (χ1n) is 5.95. The van der Waals surface area contributed by atoms with Crippen molar-refractivity contribution in [3.8, 4) is 0 Å². The van der Waals surface area contributed by atoms with Crippen LogP contribution >= 0.6 is 27.5 Å². The van der Waals surface area contributed by atoms with E-state index in [0.717, 1.165) is 0 Å². The standard InChI is InChI=1S/C13H14BrClN2O2/c1-3-13(2)12(19)17(7-11(18)16-13)8-4-5-10(15)9(14)6-8/h4-6H,3,7H2,1-2H3,(H,16,18). The van der Waals surface area contributed by atoms with Gasteiger partial charge in [-0.15, -0.1) is 0 Å². The second-order valence-corrected chi connectivity index (χ2v) is 5.99. The van der Waals surface area contributed by atoms with Gasteiger partial charge in [-0.2, -0.15) is 0 Å². The molecule has 0 radical (unpaired) electrons. The van der Waals surface area contributed by atoms with Crippen LogP contribution in [0.3, 0.4) is 0 Å². The Morgan fingerprint density at radius 3 is 2.74 bits per heavy atom. The fourth-order valence-corrected chi connectivity index (χ4v) is 2.50. The van der Waals surface area contributed by atoms with Gasteiger partial charge < -0.3 is 10.2 Å². The molecule has 1 saturated heterocycles. The van der Waals surface area contributed by atoms with E-state index in [4.69, 9.17) is 11.6 Å². The molecule has 2 amide bonds. The topological polar surface area (TPSA) is 49.4 Å². The molecule has 0 aliphatic carbocycles. The highest BCUT2D eigenvalue weighted by atomic mass is 79.9. The average molecular weight is 346 g/mol. The lowest BCUT2D eigenvalue weighted by Gasteiger charge is -2.39. The quantitative estimate of drug-likeness (QED) is 0.896. The zero-order valence-electron chi connectivity index (χ0n) is 10.7. The average Bonchev–Trinajstić information content (AvgIpc) is 2.37. The number of benzene rings is 1. The Balaban J connectivity index is 2.40. The number of hydrogen-bond donors (Lipinski definition) is 1. The van der Waals surface area contributed by atoms with Crippen LogP contribution in [0.1, 0.15) is 20.3 Å². The highest BCUT2D eigenvalue weighted by Crippen LogP contribution is 2.30. The van der Waals surface area contributed by atoms with Gasteiger partial charge in [0, 0.05) is 10.2 Å². The zero-order chi connectivity index (χ0) is 14.2. The zero-order valence-corrected chi connectivity index (χ0v) is 13.0. The van der Waals surface area contributed by atoms with Crippen molar-refractivity contribution in [3.63, 3.8) is 0 Å². The summed E-state index contributed by atoms with van der Waals surface area (Å²) in [5.41, 5.74) is -0.183. The van der Waals surface area contributed by atoms with E-state index in [9.17, 15) is 9.59 Å². The van der Waals surface area contributed by atoms with E-state index >= 15 is 0 Å². The molecule has 6 heteroatoms. The van der Waals surface area contributed by atoms with Crippen molar-refractivity contribution in [2.45, 2.75) is 25.8 Å². The van der Waals surface area contributed by atoms with Crippen molar-refractivity contribution in [2.75, 3.05) is 11.4 Å². The first-order valence-corrected chi connectivity index (χ1v) is 7.12. The molecule has 0 bridgehead atoms. The van der Waals surface area contributed by atoms with Crippen LogP contribution in [0.4, 0.5) is 5.69 Å². The van der Waals surface area contributed by atoms with Crippen LogP contribution in [-0.4, -0.2) is 23.9 Å². The molecule has 19 heavy (non-hydrogen) atoms. The summed E-state index contributed by atoms with van der Waals surface area (Å²) in [6.07, 6.45) is 0.544. The van der Waals surface area contributed by atoms with Crippen LogP contribution in [0.25, 0.3) is 0 Å². The van der Waals surface area contributed by atoms with E-state index in [1.807, 2.05) is 6.92 Å². The van der Waals surface area contributed by atoms with Gasteiger partial charge in [-0.25, -0.2) is 0 Å². The fraction of sp³-hybridized carbons (Fsp3) is 0.385. The van der Waals surface area contributed by atoms with Gasteiger partial charge >= 0.3 is 0 Å². The van der Waals surface area contributed by atoms with Crippen LogP contribution < -0.4 is 10.2 Å². The van der Waals surface area contributed by atoms with Gasteiger partial charge in [0.1, 0.15) is 12.1 Å². The molecule has 1 heterocycles. The number of halogens is 2. The molecule has 1 N–H and O–H groups in total. The van der Waals surface area contributed by atoms with Gasteiger partial charge in [0.05, 0.1) is 5.02 Å². The normalized spacial score (nSPS) is 23.5. The molecule has 4 nitrogen and oxygen atoms in total. The third kappa shape index (κ3) is 2.62. The van der Waals surface area contributed by atoms with Gasteiger partial charge in [-0.3, -0.25) is 9.59 Å². The lowest BCUT2D eigenvalue weighted by molar-refractivity contribution is -0.135. The van der Waals surface area contributed by atoms with Crippen LogP contribution in [-0.2, 0) is 9.59 Å². The van der Waals surface area contributed by atoms with Crippen molar-refractivity contribution in [1.29, 1.82) is 0 Å². The molecule has 1 aromatic carbocycles. The summed E-state index contributed by atoms with van der Waals surface area (Å²) in [5.74, 6) is -0.265. The van der Waals surface area contributed by atoms with Gasteiger partial charge in [0.25, 0.3) is 5.91 Å². The third-order valence-corrected chi connectivity index (χ3v) is 4.57. The summed E-state index contributed by atoms with van der Waals surface area (Å²) in [7, 11) is 0. The molecule has 1 atom stereocenters. The molecule has 0 spiro atoms. The smallest absolute Gasteiger partial charge is 0.252 e. The first kappa shape index (κ1) is 14.3. The minimum atomic E-state index is -0.846. The maximum absolute atomic E-state index is 12.5. The second-order valence-electron chi connectivity index (χ2n) is 4.72. The Kier molecular flexibility index (Phi) is 3.87. The van der Waals surface area contributed by atoms with Gasteiger partial charge in [-0.1, -0.05) is 18.5 Å². The van der Waals surface area contributed by atoms with Crippen LogP contribution in [0, 0.1) is 0 Å². The molecule has 1 aromatic rings. The molecular weight excluding hydrogens is 332 g/mol. The number of anilines is 1. The Bertz CT molecular complexity index is 549. The molecule has 0 saturated carbocycles. The van der Waals surface area contributed by atoms with E-state index < -0.39 is 5.54 Å². The summed E-state index contributed by atoms with van der Waals surface area (Å²) in [4.78, 5) is 25.7. The number of nitrogens with zero attached hydrogens (tertiary/aromatic N) is 1. The van der Waals surface area contributed by atoms with Crippen LogP contribution in [0.15, 0.2) is 22.7 Å². The Hall–Kier alpha value is -1.07. The Morgan fingerprint density at radius 2 is 2.16 bits per heavy atom. The molecule has 1 fully saturated rings. The van der Waals surface area contributed by atoms with E-state index in [-0.39, 0.29) is 18.4 Å². The maximum Gasteiger partial charge on any atom is 0.252 e. The summed E-state index contributed by atoms with van der Waals surface area (Å²) in [5, 5.41) is 3.32. The number of carbonyl (C=O) groups is 2. The summed E-state index contributed by atoms with van der Waals surface area (Å²) < 4.78 is 0.698. The number of piperazine rings is 1. The van der Waals surface area contributed by atoms with Crippen LogP contribution in [0.2, 0.25) is 5.02 Å². The number of amides is 2. The third-order valence-electron chi connectivity index (χ3n) is 3.36. The second kappa shape index (κ2) is 5.13. The maximum atomic E-state index is 12.5. The first-order chi connectivity index (χ1) is 8.87. The van der Waals surface area contributed by atoms with E-state index in [0.29, 0.717) is 21.6 Å². The van der Waals surface area contributed by atoms with E-state index in [2.05, 4.69) is 21.2 Å². The van der Waals surface area contributed by atoms with E-state index in [1.165, 1.54) is 4.90 Å². The molecule has 0 aromatic heterocycles. The monoisotopic (exact) mass is 344 g/mol. The minimum absolute atomic E-state index is 0.0303. The lowest BCUT2D eigenvalue weighted by atomic mass is 9.94. The van der Waals surface area contributed by atoms with Crippen molar-refractivity contribution < 1.29 is 9.59 Å². The predicted octanol–water partition coefficient (Wildman–Crippen LogP) is 2.73. The molecule has 2 rings (SSSR count). The van der Waals surface area contributed by atoms with Crippen LogP contribution in [0.5, 0.6) is 0 Å². The Labute approximate surface area is 125 Å². The number of hydrogen-bond acceptors (Lipinski definition) is 2. The largest absolute Gasteiger partial charge is 0.340 e. The molecule has 1 unspecified atom stereocenters. The number of nitrogens with one attached hydrogen (secondary N) is 1. The van der Waals surface area contributed by atoms with E-state index in [1.54, 1.807) is 25.1 Å². The minimum Gasteiger partial charge on any atom is -0.340 e.